The summed E-state index contributed by atoms with van der Waals surface area (Å²) in [5.74, 6) is 0.920. The second-order valence-corrected chi connectivity index (χ2v) is 6.92. The Labute approximate surface area is 161 Å². The number of carbonyl (C=O) groups excluding carboxylic acids is 1. The summed E-state index contributed by atoms with van der Waals surface area (Å²) >= 11 is 0. The maximum atomic E-state index is 12.4. The molecule has 144 valence electrons. The molecule has 0 spiro atoms. The first-order chi connectivity index (χ1) is 13.1. The van der Waals surface area contributed by atoms with E-state index < -0.39 is 0 Å². The van der Waals surface area contributed by atoms with Gasteiger partial charge < -0.3 is 19.9 Å². The van der Waals surface area contributed by atoms with Crippen molar-refractivity contribution in [2.24, 2.45) is 0 Å². The third kappa shape index (κ3) is 4.92. The van der Waals surface area contributed by atoms with Crippen LogP contribution in [-0.4, -0.2) is 64.7 Å². The summed E-state index contributed by atoms with van der Waals surface area (Å²) in [5.41, 5.74) is 3.06. The van der Waals surface area contributed by atoms with E-state index in [4.69, 9.17) is 4.74 Å². The zero-order valence-corrected chi connectivity index (χ0v) is 16.3. The van der Waals surface area contributed by atoms with E-state index >= 15 is 0 Å². The number of anilines is 3. The monoisotopic (exact) mass is 368 g/mol. The first kappa shape index (κ1) is 19.0. The predicted molar refractivity (Wildman–Crippen MR) is 111 cm³/mol. The number of amides is 1. The van der Waals surface area contributed by atoms with Gasteiger partial charge in [-0.3, -0.25) is 9.69 Å². The van der Waals surface area contributed by atoms with Crippen molar-refractivity contribution in [3.8, 4) is 5.75 Å². The molecule has 2 aromatic rings. The number of benzene rings is 2. The minimum atomic E-state index is 0.0262. The van der Waals surface area contributed by atoms with E-state index in [9.17, 15) is 4.79 Å². The first-order valence-corrected chi connectivity index (χ1v) is 9.24. The minimum Gasteiger partial charge on any atom is -0.495 e. The van der Waals surface area contributed by atoms with Crippen molar-refractivity contribution in [1.29, 1.82) is 0 Å². The Hall–Kier alpha value is -2.73. The average Bonchev–Trinajstić information content (AvgIpc) is 2.69. The number of piperazine rings is 1. The molecule has 1 N–H and O–H groups in total. The molecule has 1 fully saturated rings. The van der Waals surface area contributed by atoms with Gasteiger partial charge in [0.1, 0.15) is 5.75 Å². The fourth-order valence-corrected chi connectivity index (χ4v) is 3.28. The van der Waals surface area contributed by atoms with Crippen LogP contribution in [0.3, 0.4) is 0 Å². The molecule has 1 amide bonds. The fourth-order valence-electron chi connectivity index (χ4n) is 3.28. The van der Waals surface area contributed by atoms with E-state index in [0.717, 1.165) is 49.0 Å². The lowest BCUT2D eigenvalue weighted by Crippen LogP contribution is -2.48. The van der Waals surface area contributed by atoms with Crippen LogP contribution >= 0.6 is 0 Å². The third-order valence-corrected chi connectivity index (χ3v) is 4.83. The number of hydrogen-bond acceptors (Lipinski definition) is 5. The highest BCUT2D eigenvalue weighted by Crippen LogP contribution is 2.28. The molecule has 0 unspecified atom stereocenters. The number of rotatable bonds is 6. The zero-order chi connectivity index (χ0) is 19.2. The van der Waals surface area contributed by atoms with Crippen LogP contribution in [0.25, 0.3) is 0 Å². The first-order valence-electron chi connectivity index (χ1n) is 9.24. The molecule has 0 atom stereocenters. The molecule has 2 aromatic carbocycles. The molecule has 3 rings (SSSR count). The van der Waals surface area contributed by atoms with E-state index in [1.807, 2.05) is 61.5 Å². The van der Waals surface area contributed by atoms with Crippen molar-refractivity contribution in [3.05, 3.63) is 48.5 Å². The van der Waals surface area contributed by atoms with Crippen LogP contribution in [0.2, 0.25) is 0 Å². The van der Waals surface area contributed by atoms with E-state index in [1.54, 1.807) is 7.11 Å². The Morgan fingerprint density at radius 2 is 1.70 bits per heavy atom. The molecule has 1 saturated heterocycles. The van der Waals surface area contributed by atoms with Gasteiger partial charge >= 0.3 is 0 Å². The summed E-state index contributed by atoms with van der Waals surface area (Å²) in [6, 6.07) is 15.9. The minimum absolute atomic E-state index is 0.0262. The van der Waals surface area contributed by atoms with E-state index in [1.165, 1.54) is 0 Å². The summed E-state index contributed by atoms with van der Waals surface area (Å²) in [5, 5.41) is 2.98. The number of ether oxygens (including phenoxy) is 1. The fraction of sp³-hybridized carbons (Fsp3) is 0.381. The highest BCUT2D eigenvalue weighted by molar-refractivity contribution is 5.92. The van der Waals surface area contributed by atoms with Crippen LogP contribution in [-0.2, 0) is 4.79 Å². The van der Waals surface area contributed by atoms with E-state index in [-0.39, 0.29) is 5.91 Å². The number of nitrogens with one attached hydrogen (secondary N) is 1. The van der Waals surface area contributed by atoms with Gasteiger partial charge in [0.05, 0.1) is 19.3 Å². The van der Waals surface area contributed by atoms with Crippen molar-refractivity contribution >= 4 is 23.0 Å². The van der Waals surface area contributed by atoms with Crippen LogP contribution in [0.4, 0.5) is 17.1 Å². The van der Waals surface area contributed by atoms with E-state index in [0.29, 0.717) is 6.54 Å². The molecule has 1 heterocycles. The molecule has 0 radical (unpaired) electrons. The SMILES string of the molecule is COc1ccccc1N1CCN(CC(=O)Nc2ccc(N(C)C)cc2)CC1. The van der Waals surface area contributed by atoms with Crippen LogP contribution in [0.15, 0.2) is 48.5 Å². The molecule has 6 heteroatoms. The molecule has 27 heavy (non-hydrogen) atoms. The van der Waals surface area contributed by atoms with Gasteiger partial charge in [-0.25, -0.2) is 0 Å². The van der Waals surface area contributed by atoms with Crippen LogP contribution < -0.4 is 19.9 Å². The van der Waals surface area contributed by atoms with Gasteiger partial charge in [0.15, 0.2) is 0 Å². The van der Waals surface area contributed by atoms with Gasteiger partial charge in [-0.05, 0) is 36.4 Å². The van der Waals surface area contributed by atoms with Crippen molar-refractivity contribution in [2.45, 2.75) is 0 Å². The number of hydrogen-bond donors (Lipinski definition) is 1. The zero-order valence-electron chi connectivity index (χ0n) is 16.3. The summed E-state index contributed by atoms with van der Waals surface area (Å²) < 4.78 is 5.46. The lowest BCUT2D eigenvalue weighted by atomic mass is 10.2. The number of nitrogens with zero attached hydrogens (tertiary/aromatic N) is 3. The Morgan fingerprint density at radius 1 is 1.04 bits per heavy atom. The Morgan fingerprint density at radius 3 is 2.33 bits per heavy atom. The summed E-state index contributed by atoms with van der Waals surface area (Å²) in [6.45, 7) is 3.88. The molecule has 1 aliphatic heterocycles. The highest BCUT2D eigenvalue weighted by atomic mass is 16.5. The Balaban J connectivity index is 1.49. The second-order valence-electron chi connectivity index (χ2n) is 6.92. The maximum Gasteiger partial charge on any atom is 0.238 e. The van der Waals surface area contributed by atoms with Gasteiger partial charge in [0, 0.05) is 51.6 Å². The van der Waals surface area contributed by atoms with Gasteiger partial charge in [-0.2, -0.15) is 0 Å². The quantitative estimate of drug-likeness (QED) is 0.849. The predicted octanol–water partition coefficient (Wildman–Crippen LogP) is 2.52. The standard InChI is InChI=1S/C21H28N4O2/c1-23(2)18-10-8-17(9-11-18)22-21(26)16-24-12-14-25(15-13-24)19-6-4-5-7-20(19)27-3/h4-11H,12-16H2,1-3H3,(H,22,26). The third-order valence-electron chi connectivity index (χ3n) is 4.83. The van der Waals surface area contributed by atoms with Crippen molar-refractivity contribution < 1.29 is 9.53 Å². The molecule has 0 saturated carbocycles. The lowest BCUT2D eigenvalue weighted by Gasteiger charge is -2.36. The molecule has 0 bridgehead atoms. The van der Waals surface area contributed by atoms with Gasteiger partial charge in [0.25, 0.3) is 0 Å². The van der Waals surface area contributed by atoms with Gasteiger partial charge in [-0.15, -0.1) is 0 Å². The van der Waals surface area contributed by atoms with Gasteiger partial charge in [-0.1, -0.05) is 12.1 Å². The second kappa shape index (κ2) is 8.77. The number of para-hydroxylation sites is 2. The maximum absolute atomic E-state index is 12.4. The molecule has 0 aromatic heterocycles. The lowest BCUT2D eigenvalue weighted by molar-refractivity contribution is -0.117. The molecular formula is C21H28N4O2. The van der Waals surface area contributed by atoms with Crippen LogP contribution in [0.1, 0.15) is 0 Å². The number of methoxy groups -OCH3 is 1. The molecule has 1 aliphatic rings. The van der Waals surface area contributed by atoms with Crippen LogP contribution in [0, 0.1) is 0 Å². The van der Waals surface area contributed by atoms with Gasteiger partial charge in [0.2, 0.25) is 5.91 Å². The number of carbonyl (C=O) groups is 1. The van der Waals surface area contributed by atoms with Crippen molar-refractivity contribution in [3.63, 3.8) is 0 Å². The normalized spacial score (nSPS) is 14.7. The average molecular weight is 368 g/mol. The molecule has 6 nitrogen and oxygen atoms in total. The van der Waals surface area contributed by atoms with Crippen molar-refractivity contribution in [2.75, 3.05) is 69.0 Å². The Bertz CT molecular complexity index is 753. The molecule has 0 aliphatic carbocycles. The highest BCUT2D eigenvalue weighted by Gasteiger charge is 2.21. The van der Waals surface area contributed by atoms with Crippen LogP contribution in [0.5, 0.6) is 5.75 Å². The summed E-state index contributed by atoms with van der Waals surface area (Å²) in [7, 11) is 5.70. The summed E-state index contributed by atoms with van der Waals surface area (Å²) in [4.78, 5) is 18.9. The van der Waals surface area contributed by atoms with Crippen molar-refractivity contribution in [1.82, 2.24) is 4.90 Å². The largest absolute Gasteiger partial charge is 0.495 e. The van der Waals surface area contributed by atoms with E-state index in [2.05, 4.69) is 21.2 Å². The molecular weight excluding hydrogens is 340 g/mol. The smallest absolute Gasteiger partial charge is 0.238 e. The topological polar surface area (TPSA) is 48.1 Å². The summed E-state index contributed by atoms with van der Waals surface area (Å²) in [6.07, 6.45) is 0. The Kier molecular flexibility index (Phi) is 6.19.